The van der Waals surface area contributed by atoms with Crippen LogP contribution in [0.3, 0.4) is 0 Å². The number of nitrogens with two attached hydrogens (primary N) is 1. The molecule has 1 aliphatic heterocycles. The molecule has 2 aromatic rings. The Hall–Kier alpha value is -1.85. The molecule has 5 heteroatoms. The molecule has 0 bridgehead atoms. The molecule has 3 rings (SSSR count). The Morgan fingerprint density at radius 1 is 1.43 bits per heavy atom. The van der Waals surface area contributed by atoms with E-state index in [1.54, 1.807) is 7.11 Å². The van der Waals surface area contributed by atoms with Gasteiger partial charge >= 0.3 is 0 Å². The van der Waals surface area contributed by atoms with Crippen LogP contribution in [0.4, 0.5) is 5.69 Å². The second-order valence-corrected chi connectivity index (χ2v) is 6.29. The first-order chi connectivity index (χ1) is 10.2. The fourth-order valence-corrected chi connectivity index (χ4v) is 3.55. The summed E-state index contributed by atoms with van der Waals surface area (Å²) in [4.78, 5) is 15.2. The Labute approximate surface area is 127 Å². The standard InChI is InChI=1S/C16H18N2O2S/c1-20-10-11-4-6-18(7-5-11)16(19)15-9-12-8-13(17)2-3-14(12)21-15/h2-4,8-9H,5-7,10,17H2,1H3. The molecule has 0 saturated carbocycles. The Bertz CT molecular complexity index is 705. The number of carbonyl (C=O) groups excluding carboxylic acids is 1. The van der Waals surface area contributed by atoms with Crippen molar-refractivity contribution in [2.24, 2.45) is 0 Å². The smallest absolute Gasteiger partial charge is 0.264 e. The predicted molar refractivity (Wildman–Crippen MR) is 86.7 cm³/mol. The highest BCUT2D eigenvalue weighted by atomic mass is 32.1. The predicted octanol–water partition coefficient (Wildman–Crippen LogP) is 2.90. The maximum atomic E-state index is 12.6. The molecule has 2 N–H and O–H groups in total. The number of amides is 1. The SMILES string of the molecule is COCC1=CCN(C(=O)c2cc3cc(N)ccc3s2)CC1. The van der Waals surface area contributed by atoms with Crippen molar-refractivity contribution >= 4 is 33.0 Å². The number of nitrogen functional groups attached to an aromatic ring is 1. The number of fused-ring (bicyclic) bond motifs is 1. The summed E-state index contributed by atoms with van der Waals surface area (Å²) in [6.07, 6.45) is 2.98. The molecule has 4 nitrogen and oxygen atoms in total. The van der Waals surface area contributed by atoms with Crippen LogP contribution in [0.1, 0.15) is 16.1 Å². The summed E-state index contributed by atoms with van der Waals surface area (Å²) in [5, 5.41) is 1.04. The lowest BCUT2D eigenvalue weighted by atomic mass is 10.1. The molecule has 0 unspecified atom stereocenters. The van der Waals surface area contributed by atoms with Crippen LogP contribution in [-0.2, 0) is 4.74 Å². The van der Waals surface area contributed by atoms with Gasteiger partial charge in [0, 0.05) is 30.6 Å². The van der Waals surface area contributed by atoms with E-state index in [2.05, 4.69) is 6.08 Å². The maximum absolute atomic E-state index is 12.6. The molecule has 0 radical (unpaired) electrons. The molecule has 1 aromatic heterocycles. The van der Waals surface area contributed by atoms with Gasteiger partial charge < -0.3 is 15.4 Å². The van der Waals surface area contributed by atoms with Gasteiger partial charge in [0.05, 0.1) is 11.5 Å². The maximum Gasteiger partial charge on any atom is 0.264 e. The van der Waals surface area contributed by atoms with Gasteiger partial charge in [-0.15, -0.1) is 11.3 Å². The lowest BCUT2D eigenvalue weighted by Gasteiger charge is -2.25. The molecule has 0 fully saturated rings. The molecular formula is C16H18N2O2S. The number of hydrogen-bond donors (Lipinski definition) is 1. The zero-order chi connectivity index (χ0) is 14.8. The molecule has 0 aliphatic carbocycles. The third-order valence-corrected chi connectivity index (χ3v) is 4.78. The van der Waals surface area contributed by atoms with E-state index >= 15 is 0 Å². The van der Waals surface area contributed by atoms with Gasteiger partial charge in [-0.1, -0.05) is 6.08 Å². The van der Waals surface area contributed by atoms with Crippen LogP contribution in [0.5, 0.6) is 0 Å². The zero-order valence-corrected chi connectivity index (χ0v) is 12.8. The minimum Gasteiger partial charge on any atom is -0.399 e. The molecule has 1 aromatic carbocycles. The highest BCUT2D eigenvalue weighted by Gasteiger charge is 2.20. The van der Waals surface area contributed by atoms with Crippen molar-refractivity contribution in [1.82, 2.24) is 4.90 Å². The van der Waals surface area contributed by atoms with E-state index in [1.807, 2.05) is 29.2 Å². The van der Waals surface area contributed by atoms with Crippen molar-refractivity contribution in [3.63, 3.8) is 0 Å². The van der Waals surface area contributed by atoms with E-state index in [9.17, 15) is 4.79 Å². The number of nitrogens with zero attached hydrogens (tertiary/aromatic N) is 1. The lowest BCUT2D eigenvalue weighted by Crippen LogP contribution is -2.34. The Morgan fingerprint density at radius 3 is 3.00 bits per heavy atom. The summed E-state index contributed by atoms with van der Waals surface area (Å²) in [7, 11) is 1.70. The van der Waals surface area contributed by atoms with Crippen LogP contribution < -0.4 is 5.73 Å². The van der Waals surface area contributed by atoms with Crippen LogP contribution in [0, 0.1) is 0 Å². The normalized spacial score (nSPS) is 15.3. The van der Waals surface area contributed by atoms with E-state index in [0.717, 1.165) is 33.6 Å². The van der Waals surface area contributed by atoms with E-state index in [-0.39, 0.29) is 5.91 Å². The summed E-state index contributed by atoms with van der Waals surface area (Å²) < 4.78 is 6.23. The monoisotopic (exact) mass is 302 g/mol. The van der Waals surface area contributed by atoms with Gasteiger partial charge in [0.2, 0.25) is 0 Å². The summed E-state index contributed by atoms with van der Waals surface area (Å²) >= 11 is 1.53. The van der Waals surface area contributed by atoms with Gasteiger partial charge in [-0.2, -0.15) is 0 Å². The van der Waals surface area contributed by atoms with E-state index < -0.39 is 0 Å². The summed E-state index contributed by atoms with van der Waals surface area (Å²) in [6.45, 7) is 2.07. The largest absolute Gasteiger partial charge is 0.399 e. The number of anilines is 1. The summed E-state index contributed by atoms with van der Waals surface area (Å²) in [5.41, 5.74) is 7.78. The number of carbonyl (C=O) groups is 1. The van der Waals surface area contributed by atoms with Gasteiger partial charge in [0.1, 0.15) is 0 Å². The third kappa shape index (κ3) is 2.94. The first-order valence-corrected chi connectivity index (χ1v) is 7.74. The molecule has 1 amide bonds. The van der Waals surface area contributed by atoms with Gasteiger partial charge in [0.25, 0.3) is 5.91 Å². The summed E-state index contributed by atoms with van der Waals surface area (Å²) in [6, 6.07) is 7.69. The van der Waals surface area contributed by atoms with Crippen LogP contribution in [0.25, 0.3) is 10.1 Å². The first-order valence-electron chi connectivity index (χ1n) is 6.92. The number of methoxy groups -OCH3 is 1. The van der Waals surface area contributed by atoms with Gasteiger partial charge in [-0.25, -0.2) is 0 Å². The molecular weight excluding hydrogens is 284 g/mol. The number of ether oxygens (including phenoxy) is 1. The molecule has 110 valence electrons. The first kappa shape index (κ1) is 14.1. The van der Waals surface area contributed by atoms with Gasteiger partial charge in [0.15, 0.2) is 0 Å². The van der Waals surface area contributed by atoms with Crippen molar-refractivity contribution in [1.29, 1.82) is 0 Å². The second kappa shape index (κ2) is 5.87. The molecule has 1 aliphatic rings. The fourth-order valence-electron chi connectivity index (χ4n) is 2.54. The molecule has 0 spiro atoms. The minimum atomic E-state index is 0.0995. The minimum absolute atomic E-state index is 0.0995. The van der Waals surface area contributed by atoms with Crippen LogP contribution >= 0.6 is 11.3 Å². The van der Waals surface area contributed by atoms with Crippen LogP contribution in [-0.4, -0.2) is 37.6 Å². The van der Waals surface area contributed by atoms with Crippen molar-refractivity contribution < 1.29 is 9.53 Å². The van der Waals surface area contributed by atoms with Crippen LogP contribution in [0.15, 0.2) is 35.9 Å². The quantitative estimate of drug-likeness (QED) is 0.700. The summed E-state index contributed by atoms with van der Waals surface area (Å²) in [5.74, 6) is 0.0995. The topological polar surface area (TPSA) is 55.6 Å². The van der Waals surface area contributed by atoms with Crippen molar-refractivity contribution in [3.8, 4) is 0 Å². The van der Waals surface area contributed by atoms with Crippen molar-refractivity contribution in [3.05, 3.63) is 40.8 Å². The van der Waals surface area contributed by atoms with Crippen molar-refractivity contribution in [2.45, 2.75) is 6.42 Å². The van der Waals surface area contributed by atoms with Gasteiger partial charge in [-0.05, 0) is 41.6 Å². The Morgan fingerprint density at radius 2 is 2.29 bits per heavy atom. The fraction of sp³-hybridized carbons (Fsp3) is 0.312. The number of thiophene rings is 1. The third-order valence-electron chi connectivity index (χ3n) is 3.67. The second-order valence-electron chi connectivity index (χ2n) is 5.20. The molecule has 0 saturated heterocycles. The Kier molecular flexibility index (Phi) is 3.94. The average Bonchev–Trinajstić information content (AvgIpc) is 2.90. The molecule has 2 heterocycles. The van der Waals surface area contributed by atoms with E-state index in [0.29, 0.717) is 13.2 Å². The van der Waals surface area contributed by atoms with E-state index in [4.69, 9.17) is 10.5 Å². The molecule has 21 heavy (non-hydrogen) atoms. The van der Waals surface area contributed by atoms with E-state index in [1.165, 1.54) is 16.9 Å². The van der Waals surface area contributed by atoms with Gasteiger partial charge in [-0.3, -0.25) is 4.79 Å². The average molecular weight is 302 g/mol. The van der Waals surface area contributed by atoms with Crippen LogP contribution in [0.2, 0.25) is 0 Å². The lowest BCUT2D eigenvalue weighted by molar-refractivity contribution is 0.0770. The highest BCUT2D eigenvalue weighted by molar-refractivity contribution is 7.20. The highest BCUT2D eigenvalue weighted by Crippen LogP contribution is 2.28. The Balaban J connectivity index is 1.78. The van der Waals surface area contributed by atoms with Crippen molar-refractivity contribution in [2.75, 3.05) is 32.5 Å². The number of rotatable bonds is 3. The number of hydrogen-bond acceptors (Lipinski definition) is 4. The molecule has 0 atom stereocenters. The number of benzene rings is 1. The zero-order valence-electron chi connectivity index (χ0n) is 12.0.